The molecule has 2 aliphatic rings. The van der Waals surface area contributed by atoms with Crippen LogP contribution in [0.3, 0.4) is 0 Å². The number of carbonyl (C=O) groups is 1. The summed E-state index contributed by atoms with van der Waals surface area (Å²) in [6.45, 7) is 4.62. The molecule has 4 rings (SSSR count). The minimum absolute atomic E-state index is 0.199. The van der Waals surface area contributed by atoms with E-state index in [0.29, 0.717) is 37.3 Å². The molecule has 1 fully saturated rings. The van der Waals surface area contributed by atoms with Crippen LogP contribution in [0.15, 0.2) is 42.6 Å². The van der Waals surface area contributed by atoms with Gasteiger partial charge in [-0.1, -0.05) is 31.0 Å². The quantitative estimate of drug-likeness (QED) is 0.652. The van der Waals surface area contributed by atoms with Gasteiger partial charge in [-0.25, -0.2) is 4.98 Å². The Kier molecular flexibility index (Phi) is 9.16. The van der Waals surface area contributed by atoms with E-state index in [-0.39, 0.29) is 5.91 Å². The van der Waals surface area contributed by atoms with Gasteiger partial charge in [0, 0.05) is 44.5 Å². The third-order valence-electron chi connectivity index (χ3n) is 6.73. The maximum absolute atomic E-state index is 12.4. The largest absolute Gasteiger partial charge is 0.490 e. The lowest BCUT2D eigenvalue weighted by atomic mass is 10.0. The molecule has 34 heavy (non-hydrogen) atoms. The van der Waals surface area contributed by atoms with Crippen molar-refractivity contribution in [2.45, 2.75) is 57.5 Å². The lowest BCUT2D eigenvalue weighted by molar-refractivity contribution is -0.133. The average Bonchev–Trinajstić information content (AvgIpc) is 2.87. The van der Waals surface area contributed by atoms with E-state index >= 15 is 0 Å². The van der Waals surface area contributed by atoms with Crippen molar-refractivity contribution < 1.29 is 19.0 Å². The Morgan fingerprint density at radius 3 is 2.65 bits per heavy atom. The summed E-state index contributed by atoms with van der Waals surface area (Å²) in [4.78, 5) is 21.6. The smallest absolute Gasteiger partial charge is 0.224 e. The number of hydrogen-bond donors (Lipinski definition) is 0. The Balaban J connectivity index is 1.49. The number of para-hydroxylation sites is 2. The van der Waals surface area contributed by atoms with Crippen molar-refractivity contribution in [3.05, 3.63) is 48.2 Å². The number of piperidine rings is 1. The van der Waals surface area contributed by atoms with Gasteiger partial charge in [0.2, 0.25) is 11.8 Å². The number of likely N-dealkylation sites (tertiary alicyclic amines) is 1. The molecule has 2 aliphatic heterocycles. The lowest BCUT2D eigenvalue weighted by Gasteiger charge is -2.39. The molecule has 0 radical (unpaired) electrons. The molecule has 7 nitrogen and oxygen atoms in total. The lowest BCUT2D eigenvalue weighted by Crippen LogP contribution is -2.47. The summed E-state index contributed by atoms with van der Waals surface area (Å²) in [6.07, 6.45) is 8.75. The summed E-state index contributed by atoms with van der Waals surface area (Å²) in [7, 11) is 1.64. The molecule has 1 saturated heterocycles. The summed E-state index contributed by atoms with van der Waals surface area (Å²) in [5.41, 5.74) is 1.08. The van der Waals surface area contributed by atoms with Crippen LogP contribution >= 0.6 is 0 Å². The van der Waals surface area contributed by atoms with Crippen LogP contribution in [0.25, 0.3) is 0 Å². The number of fused-ring (bicyclic) bond motifs is 2. The van der Waals surface area contributed by atoms with Crippen LogP contribution in [0.2, 0.25) is 0 Å². The minimum atomic E-state index is 0.199. The molecule has 1 aromatic heterocycles. The number of hydrogen-bond acceptors (Lipinski definition) is 6. The fourth-order valence-corrected chi connectivity index (χ4v) is 4.78. The van der Waals surface area contributed by atoms with Gasteiger partial charge in [0.1, 0.15) is 0 Å². The molecule has 1 amide bonds. The van der Waals surface area contributed by atoms with E-state index in [9.17, 15) is 4.79 Å². The number of methoxy groups -OCH3 is 1. The Morgan fingerprint density at radius 1 is 1.03 bits per heavy atom. The number of amides is 1. The van der Waals surface area contributed by atoms with E-state index in [4.69, 9.17) is 14.2 Å². The number of rotatable bonds is 4. The van der Waals surface area contributed by atoms with E-state index in [1.165, 1.54) is 6.42 Å². The highest BCUT2D eigenvalue weighted by molar-refractivity contribution is 5.76. The maximum Gasteiger partial charge on any atom is 0.224 e. The molecule has 0 atom stereocenters. The van der Waals surface area contributed by atoms with Crippen LogP contribution in [-0.4, -0.2) is 66.7 Å². The molecule has 2 aromatic rings. The predicted octanol–water partition coefficient (Wildman–Crippen LogP) is 4.66. The number of aromatic nitrogens is 1. The first kappa shape index (κ1) is 24.5. The van der Waals surface area contributed by atoms with Gasteiger partial charge >= 0.3 is 0 Å². The first-order chi connectivity index (χ1) is 16.7. The van der Waals surface area contributed by atoms with Crippen molar-refractivity contribution in [2.24, 2.45) is 0 Å². The molecule has 0 aliphatic carbocycles. The average molecular weight is 468 g/mol. The Hall–Kier alpha value is -2.64. The van der Waals surface area contributed by atoms with Crippen LogP contribution in [0, 0.1) is 0 Å². The van der Waals surface area contributed by atoms with Gasteiger partial charge in [-0.2, -0.15) is 0 Å². The minimum Gasteiger partial charge on any atom is -0.490 e. The van der Waals surface area contributed by atoms with Crippen LogP contribution in [0.5, 0.6) is 17.4 Å². The van der Waals surface area contributed by atoms with Crippen LogP contribution < -0.4 is 9.47 Å². The van der Waals surface area contributed by atoms with Gasteiger partial charge in [-0.15, -0.1) is 0 Å². The van der Waals surface area contributed by atoms with Crippen molar-refractivity contribution in [1.82, 2.24) is 14.8 Å². The van der Waals surface area contributed by atoms with Gasteiger partial charge in [0.25, 0.3) is 0 Å². The van der Waals surface area contributed by atoms with Gasteiger partial charge < -0.3 is 19.1 Å². The Labute approximate surface area is 203 Å². The summed E-state index contributed by atoms with van der Waals surface area (Å²) >= 11 is 0. The third kappa shape index (κ3) is 6.70. The molecular formula is C27H37N3O4. The second kappa shape index (κ2) is 12.7. The fraction of sp³-hybridized carbons (Fsp3) is 0.556. The van der Waals surface area contributed by atoms with Gasteiger partial charge in [-0.3, -0.25) is 9.69 Å². The molecule has 1 aromatic carbocycles. The monoisotopic (exact) mass is 467 g/mol. The zero-order valence-corrected chi connectivity index (χ0v) is 20.3. The second-order valence-corrected chi connectivity index (χ2v) is 9.10. The summed E-state index contributed by atoms with van der Waals surface area (Å²) in [6, 6.07) is 12.4. The van der Waals surface area contributed by atoms with E-state index in [1.54, 1.807) is 13.3 Å². The molecule has 184 valence electrons. The summed E-state index contributed by atoms with van der Waals surface area (Å²) in [5, 5.41) is 0. The van der Waals surface area contributed by atoms with E-state index in [1.807, 2.05) is 35.2 Å². The first-order valence-electron chi connectivity index (χ1n) is 12.6. The standard InChI is InChI=1S/C27H37N3O4/c1-32-20-14-26(31)29-17-12-23(13-18-29)30-16-6-2-3-7-19-33-24-10-4-5-11-25(24)34-27-22(21-30)9-8-15-28-27/h4-5,8-11,15,23H,2-3,6-7,12-14,16-21H2,1H3. The zero-order valence-electron chi connectivity index (χ0n) is 20.3. The summed E-state index contributed by atoms with van der Waals surface area (Å²) < 4.78 is 17.4. The number of benzene rings is 1. The third-order valence-corrected chi connectivity index (χ3v) is 6.73. The SMILES string of the molecule is COCCC(=O)N1CCC(N2CCCCCCOc3ccccc3Oc3ncccc3C2)CC1. The molecule has 0 spiro atoms. The Morgan fingerprint density at radius 2 is 1.82 bits per heavy atom. The number of ether oxygens (including phenoxy) is 3. The van der Waals surface area contributed by atoms with Gasteiger partial charge in [-0.05, 0) is 50.4 Å². The van der Waals surface area contributed by atoms with Crippen LogP contribution in [0.1, 0.15) is 50.5 Å². The second-order valence-electron chi connectivity index (χ2n) is 9.10. The Bertz CT molecular complexity index is 914. The van der Waals surface area contributed by atoms with Crippen molar-refractivity contribution >= 4 is 5.91 Å². The van der Waals surface area contributed by atoms with Crippen molar-refractivity contribution in [1.29, 1.82) is 0 Å². The number of nitrogens with zero attached hydrogens (tertiary/aromatic N) is 3. The van der Waals surface area contributed by atoms with Crippen molar-refractivity contribution in [2.75, 3.05) is 40.0 Å². The summed E-state index contributed by atoms with van der Waals surface area (Å²) in [5.74, 6) is 2.30. The molecule has 0 saturated carbocycles. The molecule has 0 N–H and O–H groups in total. The molecule has 0 unspecified atom stereocenters. The van der Waals surface area contributed by atoms with E-state index in [0.717, 1.165) is 69.6 Å². The highest BCUT2D eigenvalue weighted by Crippen LogP contribution is 2.33. The molecule has 3 heterocycles. The highest BCUT2D eigenvalue weighted by atomic mass is 16.5. The number of pyridine rings is 1. The number of carbonyl (C=O) groups excluding carboxylic acids is 1. The fourth-order valence-electron chi connectivity index (χ4n) is 4.78. The van der Waals surface area contributed by atoms with E-state index in [2.05, 4.69) is 16.0 Å². The van der Waals surface area contributed by atoms with Crippen molar-refractivity contribution in [3.63, 3.8) is 0 Å². The molecular weight excluding hydrogens is 430 g/mol. The maximum atomic E-state index is 12.4. The van der Waals surface area contributed by atoms with Crippen molar-refractivity contribution in [3.8, 4) is 17.4 Å². The topological polar surface area (TPSA) is 64.1 Å². The normalized spacial score (nSPS) is 18.7. The predicted molar refractivity (Wildman–Crippen MR) is 131 cm³/mol. The molecule has 0 bridgehead atoms. The first-order valence-corrected chi connectivity index (χ1v) is 12.6. The van der Waals surface area contributed by atoms with Crippen LogP contribution in [-0.2, 0) is 16.1 Å². The van der Waals surface area contributed by atoms with Crippen LogP contribution in [0.4, 0.5) is 0 Å². The van der Waals surface area contributed by atoms with Gasteiger partial charge in [0.05, 0.1) is 19.6 Å². The van der Waals surface area contributed by atoms with E-state index < -0.39 is 0 Å². The highest BCUT2D eigenvalue weighted by Gasteiger charge is 2.27. The van der Waals surface area contributed by atoms with Gasteiger partial charge in [0.15, 0.2) is 11.5 Å². The molecule has 7 heteroatoms. The zero-order chi connectivity index (χ0) is 23.6.